The van der Waals surface area contributed by atoms with E-state index in [4.69, 9.17) is 5.73 Å². The molecule has 1 aliphatic rings. The number of aliphatic imine (C=N–C) groups is 1. The van der Waals surface area contributed by atoms with Crippen LogP contribution < -0.4 is 21.6 Å². The number of thioether (sulfide) groups is 1. The van der Waals surface area contributed by atoms with E-state index in [1.165, 1.54) is 19.2 Å². The summed E-state index contributed by atoms with van der Waals surface area (Å²) in [6, 6.07) is 2.37. The number of anilines is 1. The van der Waals surface area contributed by atoms with Crippen LogP contribution in [0.4, 0.5) is 5.95 Å². The average molecular weight is 440 g/mol. The van der Waals surface area contributed by atoms with Gasteiger partial charge in [0.1, 0.15) is 0 Å². The minimum atomic E-state index is 0.410. The van der Waals surface area contributed by atoms with Crippen LogP contribution in [0.2, 0.25) is 0 Å². The standard InChI is InChI=1S/C21H29N9S/c1-3-23-20-27-21(29-28-20)31-12-15-4-6-17(7-5-15)30-11-16(10-26-30)19(25-13-22)18-8-9-24-14(18)2/h8-11,13,15,17,24H,2-7,12H2,1H3,(H2,22,25)(H2,23,27,28,29)/b19-18-. The number of hydrogen-bond acceptors (Lipinski definition) is 6. The Morgan fingerprint density at radius 2 is 2.26 bits per heavy atom. The third-order valence-corrected chi connectivity index (χ3v) is 6.69. The maximum absolute atomic E-state index is 5.59. The van der Waals surface area contributed by atoms with E-state index in [1.807, 2.05) is 25.4 Å². The molecule has 1 fully saturated rings. The first-order valence-corrected chi connectivity index (χ1v) is 11.6. The lowest BCUT2D eigenvalue weighted by Gasteiger charge is -2.28. The van der Waals surface area contributed by atoms with Crippen molar-refractivity contribution in [1.82, 2.24) is 29.9 Å². The van der Waals surface area contributed by atoms with Crippen molar-refractivity contribution in [3.05, 3.63) is 40.8 Å². The highest BCUT2D eigenvalue weighted by atomic mass is 32.2. The first kappa shape index (κ1) is 21.2. The Hall–Kier alpha value is -3.01. The van der Waals surface area contributed by atoms with Gasteiger partial charge in [-0.05, 0) is 44.6 Å². The lowest BCUT2D eigenvalue weighted by Crippen LogP contribution is -2.23. The molecule has 0 radical (unpaired) electrons. The maximum Gasteiger partial charge on any atom is 0.219 e. The van der Waals surface area contributed by atoms with E-state index < -0.39 is 0 Å². The van der Waals surface area contributed by atoms with E-state index in [0.717, 1.165) is 58.1 Å². The zero-order valence-corrected chi connectivity index (χ0v) is 18.5. The highest BCUT2D eigenvalue weighted by Crippen LogP contribution is 2.35. The van der Waals surface area contributed by atoms with E-state index in [9.17, 15) is 0 Å². The Balaban J connectivity index is 1.36. The molecule has 3 heterocycles. The molecule has 0 spiro atoms. The molecule has 0 aliphatic heterocycles. The number of nitrogens with one attached hydrogen (secondary N) is 3. The SMILES string of the molecule is C=c1[nH]cc/c1=C(/N=CN)c1cnn(C2CCC(CSc3n[nH]c(NCC)n3)CC2)c1. The van der Waals surface area contributed by atoms with Crippen molar-refractivity contribution in [2.75, 3.05) is 17.6 Å². The van der Waals surface area contributed by atoms with Crippen LogP contribution in [0, 0.1) is 5.92 Å². The smallest absolute Gasteiger partial charge is 0.219 e. The Morgan fingerprint density at radius 1 is 1.42 bits per heavy atom. The molecular formula is C21H29N9S. The summed E-state index contributed by atoms with van der Waals surface area (Å²) >= 11 is 1.73. The highest BCUT2D eigenvalue weighted by Gasteiger charge is 2.24. The van der Waals surface area contributed by atoms with Crippen LogP contribution in [0.25, 0.3) is 12.3 Å². The second-order valence-electron chi connectivity index (χ2n) is 7.69. The summed E-state index contributed by atoms with van der Waals surface area (Å²) in [5.74, 6) is 2.46. The molecule has 164 valence electrons. The first-order valence-electron chi connectivity index (χ1n) is 10.6. The van der Waals surface area contributed by atoms with Crippen LogP contribution in [-0.4, -0.2) is 48.6 Å². The van der Waals surface area contributed by atoms with Gasteiger partial charge < -0.3 is 16.0 Å². The average Bonchev–Trinajstić information content (AvgIpc) is 3.53. The van der Waals surface area contributed by atoms with Gasteiger partial charge in [-0.1, -0.05) is 18.3 Å². The summed E-state index contributed by atoms with van der Waals surface area (Å²) < 4.78 is 2.08. The van der Waals surface area contributed by atoms with Gasteiger partial charge in [-0.2, -0.15) is 10.1 Å². The largest absolute Gasteiger partial charge is 0.390 e. The molecular weight excluding hydrogens is 410 g/mol. The third kappa shape index (κ3) is 5.01. The van der Waals surface area contributed by atoms with E-state index in [0.29, 0.717) is 12.0 Å². The molecule has 10 heteroatoms. The summed E-state index contributed by atoms with van der Waals surface area (Å²) in [5.41, 5.74) is 7.32. The molecule has 1 aliphatic carbocycles. The monoisotopic (exact) mass is 439 g/mol. The lowest BCUT2D eigenvalue weighted by atomic mass is 9.87. The lowest BCUT2D eigenvalue weighted by molar-refractivity contribution is 0.277. The summed E-state index contributed by atoms with van der Waals surface area (Å²) in [5, 5.41) is 17.5. The maximum atomic E-state index is 5.59. The van der Waals surface area contributed by atoms with Gasteiger partial charge >= 0.3 is 0 Å². The number of aromatic amines is 2. The molecule has 0 aromatic carbocycles. The van der Waals surface area contributed by atoms with E-state index in [1.54, 1.807) is 11.8 Å². The van der Waals surface area contributed by atoms with Crippen LogP contribution in [0.1, 0.15) is 44.2 Å². The van der Waals surface area contributed by atoms with Crippen molar-refractivity contribution >= 4 is 36.3 Å². The normalized spacial score (nSPS) is 20.3. The first-order chi connectivity index (χ1) is 15.2. The minimum absolute atomic E-state index is 0.410. The van der Waals surface area contributed by atoms with E-state index in [-0.39, 0.29) is 0 Å². The summed E-state index contributed by atoms with van der Waals surface area (Å²) in [4.78, 5) is 11.9. The molecule has 0 saturated heterocycles. The third-order valence-electron chi connectivity index (χ3n) is 5.61. The molecule has 0 bridgehead atoms. The number of hydrogen-bond donors (Lipinski definition) is 4. The van der Waals surface area contributed by atoms with Gasteiger partial charge in [0.25, 0.3) is 0 Å². The summed E-state index contributed by atoms with van der Waals surface area (Å²) in [6.07, 6.45) is 11.7. The van der Waals surface area contributed by atoms with Crippen molar-refractivity contribution in [1.29, 1.82) is 0 Å². The molecule has 3 aromatic rings. The van der Waals surface area contributed by atoms with Crippen LogP contribution >= 0.6 is 11.8 Å². The molecule has 9 nitrogen and oxygen atoms in total. The minimum Gasteiger partial charge on any atom is -0.390 e. The number of aromatic nitrogens is 6. The molecule has 0 unspecified atom stereocenters. The Bertz CT molecular complexity index is 1120. The highest BCUT2D eigenvalue weighted by molar-refractivity contribution is 7.99. The van der Waals surface area contributed by atoms with Crippen molar-refractivity contribution < 1.29 is 0 Å². The molecule has 0 amide bonds. The van der Waals surface area contributed by atoms with Gasteiger partial charge in [-0.3, -0.25) is 4.68 Å². The number of H-pyrrole nitrogens is 2. The van der Waals surface area contributed by atoms with Gasteiger partial charge in [0.2, 0.25) is 11.1 Å². The Labute approximate surface area is 185 Å². The van der Waals surface area contributed by atoms with Crippen molar-refractivity contribution in [2.45, 2.75) is 43.8 Å². The van der Waals surface area contributed by atoms with Crippen LogP contribution in [0.15, 0.2) is 34.8 Å². The predicted molar refractivity (Wildman–Crippen MR) is 125 cm³/mol. The van der Waals surface area contributed by atoms with Crippen molar-refractivity contribution in [2.24, 2.45) is 16.6 Å². The summed E-state index contributed by atoms with van der Waals surface area (Å²) in [6.45, 7) is 6.90. The number of rotatable bonds is 8. The van der Waals surface area contributed by atoms with Crippen LogP contribution in [-0.2, 0) is 0 Å². The summed E-state index contributed by atoms with van der Waals surface area (Å²) in [7, 11) is 0. The predicted octanol–water partition coefficient (Wildman–Crippen LogP) is 1.84. The van der Waals surface area contributed by atoms with E-state index in [2.05, 4.69) is 53.0 Å². The number of nitrogens with two attached hydrogens (primary N) is 1. The fraction of sp³-hybridized carbons (Fsp3) is 0.429. The molecule has 0 atom stereocenters. The second kappa shape index (κ2) is 9.86. The van der Waals surface area contributed by atoms with Gasteiger partial charge in [-0.25, -0.2) is 10.1 Å². The van der Waals surface area contributed by atoms with Crippen LogP contribution in [0.5, 0.6) is 0 Å². The second-order valence-corrected chi connectivity index (χ2v) is 8.68. The van der Waals surface area contributed by atoms with Gasteiger partial charge in [-0.15, -0.1) is 5.10 Å². The number of nitrogens with zero attached hydrogens (tertiary/aromatic N) is 5. The van der Waals surface area contributed by atoms with Crippen LogP contribution in [0.3, 0.4) is 0 Å². The quantitative estimate of drug-likeness (QED) is 0.241. The fourth-order valence-corrected chi connectivity index (χ4v) is 4.97. The molecule has 3 aromatic heterocycles. The topological polar surface area (TPSA) is 126 Å². The van der Waals surface area contributed by atoms with Gasteiger partial charge in [0.15, 0.2) is 0 Å². The van der Waals surface area contributed by atoms with Crippen molar-refractivity contribution in [3.8, 4) is 0 Å². The van der Waals surface area contributed by atoms with E-state index >= 15 is 0 Å². The zero-order valence-electron chi connectivity index (χ0n) is 17.7. The molecule has 1 saturated carbocycles. The fourth-order valence-electron chi connectivity index (χ4n) is 3.99. The molecule has 4 rings (SSSR count). The zero-order chi connectivity index (χ0) is 21.6. The van der Waals surface area contributed by atoms with Crippen molar-refractivity contribution in [3.63, 3.8) is 0 Å². The molecule has 31 heavy (non-hydrogen) atoms. The molecule has 5 N–H and O–H groups in total. The van der Waals surface area contributed by atoms with Gasteiger partial charge in [0.05, 0.1) is 24.3 Å². The Morgan fingerprint density at radius 3 is 2.97 bits per heavy atom. The Kier molecular flexibility index (Phi) is 6.76. The van der Waals surface area contributed by atoms with Gasteiger partial charge in [0, 0.05) is 40.8 Å².